The maximum absolute atomic E-state index is 10.8. The molecule has 0 radical (unpaired) electrons. The average Bonchev–Trinajstić information content (AvgIpc) is 2.51. The molecular formula is C11H21BO4. The molecule has 0 saturated carbocycles. The molecular weight excluding hydrogens is 207 g/mol. The van der Waals surface area contributed by atoms with E-state index in [4.69, 9.17) is 4.74 Å². The van der Waals surface area contributed by atoms with Crippen LogP contribution in [0.15, 0.2) is 0 Å². The summed E-state index contributed by atoms with van der Waals surface area (Å²) >= 11 is 0. The fourth-order valence-corrected chi connectivity index (χ4v) is 2.74. The summed E-state index contributed by atoms with van der Waals surface area (Å²) < 4.78 is 5.82. The van der Waals surface area contributed by atoms with Crippen LogP contribution < -0.4 is 0 Å². The number of aliphatic hydroxyl groups is 2. The summed E-state index contributed by atoms with van der Waals surface area (Å²) in [7, 11) is 1.91. The van der Waals surface area contributed by atoms with Crippen LogP contribution >= 0.6 is 0 Å². The van der Waals surface area contributed by atoms with E-state index in [2.05, 4.69) is 0 Å². The first-order valence-corrected chi connectivity index (χ1v) is 5.93. The molecule has 0 aliphatic carbocycles. The number of aldehydes is 1. The summed E-state index contributed by atoms with van der Waals surface area (Å²) in [6, 6.07) is -0.0750. The average molecular weight is 228 g/mol. The van der Waals surface area contributed by atoms with Gasteiger partial charge in [-0.15, -0.1) is 0 Å². The lowest BCUT2D eigenvalue weighted by molar-refractivity contribution is -0.133. The third-order valence-electron chi connectivity index (χ3n) is 3.90. The van der Waals surface area contributed by atoms with Gasteiger partial charge in [0.05, 0.1) is 6.10 Å². The predicted octanol–water partition coefficient (Wildman–Crippen LogP) is -0.681. The Hall–Kier alpha value is -0.385. The van der Waals surface area contributed by atoms with Crippen LogP contribution in [0, 0.1) is 11.8 Å². The van der Waals surface area contributed by atoms with Crippen LogP contribution in [0.3, 0.4) is 0 Å². The fourth-order valence-electron chi connectivity index (χ4n) is 2.74. The molecule has 1 rings (SSSR count). The second-order valence-electron chi connectivity index (χ2n) is 4.75. The number of hydrogen-bond acceptors (Lipinski definition) is 4. The minimum Gasteiger partial charge on any atom is -0.396 e. The van der Waals surface area contributed by atoms with Crippen molar-refractivity contribution in [2.75, 3.05) is 6.61 Å². The van der Waals surface area contributed by atoms with Gasteiger partial charge in [-0.1, -0.05) is 13.8 Å². The topological polar surface area (TPSA) is 66.8 Å². The van der Waals surface area contributed by atoms with Crippen molar-refractivity contribution >= 4 is 14.1 Å². The lowest BCUT2D eigenvalue weighted by Gasteiger charge is -2.36. The molecule has 0 bridgehead atoms. The lowest BCUT2D eigenvalue weighted by Crippen LogP contribution is -2.48. The van der Waals surface area contributed by atoms with Crippen LogP contribution in [0.4, 0.5) is 0 Å². The first-order valence-electron chi connectivity index (χ1n) is 5.93. The maximum Gasteiger partial charge on any atom is 0.139 e. The zero-order valence-corrected chi connectivity index (χ0v) is 10.2. The zero-order valence-electron chi connectivity index (χ0n) is 10.2. The summed E-state index contributed by atoms with van der Waals surface area (Å²) in [5, 5.41) is 19.6. The van der Waals surface area contributed by atoms with Crippen molar-refractivity contribution in [3.05, 3.63) is 0 Å². The smallest absolute Gasteiger partial charge is 0.139 e. The highest BCUT2D eigenvalue weighted by Gasteiger charge is 2.54. The first kappa shape index (κ1) is 13.7. The molecule has 1 fully saturated rings. The Bertz CT molecular complexity index is 248. The molecule has 0 amide bonds. The molecule has 0 aromatic heterocycles. The van der Waals surface area contributed by atoms with Crippen molar-refractivity contribution in [1.82, 2.24) is 0 Å². The molecule has 5 atom stereocenters. The SMILES string of the molecule is B[C@@H]1O[C@@](CC=O)(C(C)CO)[C@@H](O)[C@H]1CC. The molecule has 2 N–H and O–H groups in total. The van der Waals surface area contributed by atoms with Crippen molar-refractivity contribution < 1.29 is 19.7 Å². The molecule has 0 aromatic rings. The van der Waals surface area contributed by atoms with Crippen LogP contribution in [0.1, 0.15) is 26.7 Å². The quantitative estimate of drug-likeness (QED) is 0.483. The van der Waals surface area contributed by atoms with Gasteiger partial charge in [0.1, 0.15) is 19.7 Å². The molecule has 1 heterocycles. The zero-order chi connectivity index (χ0) is 12.3. The van der Waals surface area contributed by atoms with Gasteiger partial charge in [-0.05, 0) is 6.42 Å². The summed E-state index contributed by atoms with van der Waals surface area (Å²) in [6.45, 7) is 3.71. The molecule has 4 nitrogen and oxygen atoms in total. The third-order valence-corrected chi connectivity index (χ3v) is 3.90. The number of carbonyl (C=O) groups excluding carboxylic acids is 1. The van der Waals surface area contributed by atoms with Gasteiger partial charge in [-0.25, -0.2) is 0 Å². The Balaban J connectivity index is 2.98. The predicted molar refractivity (Wildman–Crippen MR) is 62.9 cm³/mol. The third kappa shape index (κ3) is 2.04. The summed E-state index contributed by atoms with van der Waals surface area (Å²) in [5.74, 6) is -0.208. The molecule has 0 spiro atoms. The van der Waals surface area contributed by atoms with E-state index in [0.29, 0.717) is 0 Å². The van der Waals surface area contributed by atoms with E-state index in [1.807, 2.05) is 14.8 Å². The van der Waals surface area contributed by atoms with Crippen LogP contribution in [-0.2, 0) is 9.53 Å². The molecule has 0 aromatic carbocycles. The molecule has 1 aliphatic heterocycles. The minimum absolute atomic E-state index is 0.0361. The highest BCUT2D eigenvalue weighted by Crippen LogP contribution is 2.42. The van der Waals surface area contributed by atoms with Crippen LogP contribution in [0.2, 0.25) is 0 Å². The molecule has 16 heavy (non-hydrogen) atoms. The van der Waals surface area contributed by atoms with E-state index in [1.54, 1.807) is 6.92 Å². The van der Waals surface area contributed by atoms with Gasteiger partial charge in [0, 0.05) is 30.9 Å². The van der Waals surface area contributed by atoms with E-state index in [-0.39, 0.29) is 30.9 Å². The second kappa shape index (κ2) is 5.30. The number of ether oxygens (including phenoxy) is 1. The van der Waals surface area contributed by atoms with Crippen LogP contribution in [0.25, 0.3) is 0 Å². The van der Waals surface area contributed by atoms with Crippen molar-refractivity contribution in [2.45, 2.75) is 44.4 Å². The monoisotopic (exact) mass is 228 g/mol. The summed E-state index contributed by atoms with van der Waals surface area (Å²) in [6.07, 6.45) is 1.03. The standard InChI is InChI=1S/C11H21BO4/c1-3-8-9(15)11(4-5-13,7(2)6-14)16-10(8)12/h5,7-10,14-15H,3-4,6,12H2,1-2H3/t7?,8-,9+,10-,11+/m1/s1. The molecule has 1 unspecified atom stereocenters. The lowest BCUT2D eigenvalue weighted by atomic mass is 9.75. The highest BCUT2D eigenvalue weighted by molar-refractivity contribution is 6.11. The molecule has 92 valence electrons. The van der Waals surface area contributed by atoms with Crippen LogP contribution in [0.5, 0.6) is 0 Å². The van der Waals surface area contributed by atoms with Gasteiger partial charge < -0.3 is 19.7 Å². The van der Waals surface area contributed by atoms with Crippen molar-refractivity contribution in [3.63, 3.8) is 0 Å². The van der Waals surface area contributed by atoms with E-state index in [1.165, 1.54) is 0 Å². The first-order chi connectivity index (χ1) is 7.53. The normalized spacial score (nSPS) is 40.9. The van der Waals surface area contributed by atoms with E-state index in [0.717, 1.165) is 12.7 Å². The number of rotatable bonds is 5. The Morgan fingerprint density at radius 1 is 1.62 bits per heavy atom. The number of aliphatic hydroxyl groups excluding tert-OH is 2. The highest BCUT2D eigenvalue weighted by atomic mass is 16.5. The molecule has 5 heteroatoms. The summed E-state index contributed by atoms with van der Waals surface area (Å²) in [4.78, 5) is 10.8. The van der Waals surface area contributed by atoms with Gasteiger partial charge in [-0.2, -0.15) is 0 Å². The number of hydrogen-bond donors (Lipinski definition) is 2. The second-order valence-corrected chi connectivity index (χ2v) is 4.75. The molecule has 1 saturated heterocycles. The largest absolute Gasteiger partial charge is 0.396 e. The number of carbonyl (C=O) groups is 1. The van der Waals surface area contributed by atoms with Crippen LogP contribution in [-0.4, -0.2) is 48.7 Å². The fraction of sp³-hybridized carbons (Fsp3) is 0.909. The van der Waals surface area contributed by atoms with E-state index >= 15 is 0 Å². The Morgan fingerprint density at radius 2 is 2.25 bits per heavy atom. The van der Waals surface area contributed by atoms with E-state index < -0.39 is 11.7 Å². The van der Waals surface area contributed by atoms with Gasteiger partial charge >= 0.3 is 0 Å². The Kier molecular flexibility index (Phi) is 4.53. The molecule has 1 aliphatic rings. The van der Waals surface area contributed by atoms with Crippen molar-refractivity contribution in [3.8, 4) is 0 Å². The Labute approximate surface area is 97.4 Å². The van der Waals surface area contributed by atoms with Crippen molar-refractivity contribution in [2.24, 2.45) is 11.8 Å². The summed E-state index contributed by atoms with van der Waals surface area (Å²) in [5.41, 5.74) is -0.906. The van der Waals surface area contributed by atoms with Gasteiger partial charge in [-0.3, -0.25) is 0 Å². The minimum atomic E-state index is -0.906. The van der Waals surface area contributed by atoms with E-state index in [9.17, 15) is 15.0 Å². The van der Waals surface area contributed by atoms with Gasteiger partial charge in [0.2, 0.25) is 0 Å². The van der Waals surface area contributed by atoms with Crippen molar-refractivity contribution in [1.29, 1.82) is 0 Å². The Morgan fingerprint density at radius 3 is 2.62 bits per heavy atom. The maximum atomic E-state index is 10.8. The van der Waals surface area contributed by atoms with Gasteiger partial charge in [0.25, 0.3) is 0 Å². The van der Waals surface area contributed by atoms with Gasteiger partial charge in [0.15, 0.2) is 0 Å².